The lowest BCUT2D eigenvalue weighted by molar-refractivity contribution is 0.102. The van der Waals surface area contributed by atoms with E-state index < -0.39 is 27.4 Å². The second kappa shape index (κ2) is 6.75. The highest BCUT2D eigenvalue weighted by atomic mass is 32.2. The molecular weight excluding hydrogens is 352 g/mol. The zero-order valence-electron chi connectivity index (χ0n) is 13.0. The van der Waals surface area contributed by atoms with Crippen LogP contribution in [0.3, 0.4) is 0 Å². The average molecular weight is 367 g/mol. The van der Waals surface area contributed by atoms with Gasteiger partial charge in [-0.3, -0.25) is 4.79 Å². The van der Waals surface area contributed by atoms with Crippen molar-refractivity contribution in [2.45, 2.75) is 12.5 Å². The molecule has 0 bridgehead atoms. The molecule has 0 saturated carbocycles. The van der Waals surface area contributed by atoms with E-state index >= 15 is 0 Å². The summed E-state index contributed by atoms with van der Waals surface area (Å²) in [5.41, 5.74) is 0.492. The lowest BCUT2D eigenvalue weighted by Crippen LogP contribution is -2.21. The minimum absolute atomic E-state index is 0.0494. The molecule has 0 radical (unpaired) electrons. The summed E-state index contributed by atoms with van der Waals surface area (Å²) in [6.07, 6.45) is 1.93. The third-order valence-corrected chi connectivity index (χ3v) is 5.55. The van der Waals surface area contributed by atoms with Crippen LogP contribution in [-0.2, 0) is 9.84 Å². The molecule has 1 unspecified atom stereocenters. The van der Waals surface area contributed by atoms with Gasteiger partial charge in [-0.2, -0.15) is 0 Å². The van der Waals surface area contributed by atoms with Gasteiger partial charge in [0, 0.05) is 12.1 Å². The Morgan fingerprint density at radius 2 is 2.00 bits per heavy atom. The van der Waals surface area contributed by atoms with E-state index in [0.717, 1.165) is 12.1 Å². The summed E-state index contributed by atoms with van der Waals surface area (Å²) in [5.74, 6) is -2.03. The van der Waals surface area contributed by atoms with Crippen molar-refractivity contribution in [1.82, 2.24) is 4.98 Å². The molecule has 1 aromatic heterocycles. The van der Waals surface area contributed by atoms with Gasteiger partial charge in [-0.05, 0) is 30.7 Å². The Kier molecular flexibility index (Phi) is 4.67. The summed E-state index contributed by atoms with van der Waals surface area (Å²) in [5, 5.41) is 5.37. The Bertz CT molecular complexity index is 901. The first-order chi connectivity index (χ1) is 11.8. The fourth-order valence-corrected chi connectivity index (χ4v) is 4.21. The topological polar surface area (TPSA) is 88.2 Å². The van der Waals surface area contributed by atoms with Crippen LogP contribution in [0.5, 0.6) is 0 Å². The molecule has 1 aliphatic rings. The van der Waals surface area contributed by atoms with Gasteiger partial charge in [0.2, 0.25) is 0 Å². The smallest absolute Gasteiger partial charge is 0.274 e. The maximum Gasteiger partial charge on any atom is 0.274 e. The van der Waals surface area contributed by atoms with Crippen LogP contribution in [0.4, 0.5) is 20.2 Å². The third-order valence-electron chi connectivity index (χ3n) is 3.78. The molecule has 1 amide bonds. The Hall–Kier alpha value is -2.55. The van der Waals surface area contributed by atoms with E-state index in [1.165, 1.54) is 12.3 Å². The Balaban J connectivity index is 1.64. The molecule has 1 atom stereocenters. The molecule has 2 heterocycles. The first kappa shape index (κ1) is 17.3. The van der Waals surface area contributed by atoms with Gasteiger partial charge in [0.25, 0.3) is 5.91 Å². The number of aromatic nitrogens is 1. The SMILES string of the molecule is O=C(Nc1ccc(F)cc1F)c1ccc(NC2CCS(=O)(=O)C2)cn1. The average Bonchev–Trinajstić information content (AvgIpc) is 2.89. The Labute approximate surface area is 143 Å². The number of benzene rings is 1. The van der Waals surface area contributed by atoms with E-state index in [1.54, 1.807) is 6.07 Å². The van der Waals surface area contributed by atoms with Crippen molar-refractivity contribution in [1.29, 1.82) is 0 Å². The van der Waals surface area contributed by atoms with E-state index in [1.807, 2.05) is 0 Å². The number of amides is 1. The van der Waals surface area contributed by atoms with Crippen LogP contribution < -0.4 is 10.6 Å². The fraction of sp³-hybridized carbons (Fsp3) is 0.250. The lowest BCUT2D eigenvalue weighted by atomic mass is 10.2. The number of nitrogens with one attached hydrogen (secondary N) is 2. The van der Waals surface area contributed by atoms with Gasteiger partial charge < -0.3 is 10.6 Å². The van der Waals surface area contributed by atoms with Gasteiger partial charge in [-0.1, -0.05) is 0 Å². The molecule has 1 fully saturated rings. The molecule has 3 rings (SSSR count). The highest BCUT2D eigenvalue weighted by Crippen LogP contribution is 2.18. The van der Waals surface area contributed by atoms with Crippen LogP contribution in [0, 0.1) is 11.6 Å². The van der Waals surface area contributed by atoms with Gasteiger partial charge in [-0.25, -0.2) is 22.2 Å². The standard InChI is InChI=1S/C16H15F2N3O3S/c17-10-1-3-14(13(18)7-10)21-16(22)15-4-2-11(8-19-15)20-12-5-6-25(23,24)9-12/h1-4,7-8,12,20H,5-6,9H2,(H,21,22). The first-order valence-corrected chi connectivity index (χ1v) is 9.34. The van der Waals surface area contributed by atoms with Crippen molar-refractivity contribution in [3.05, 3.63) is 53.9 Å². The molecule has 2 N–H and O–H groups in total. The lowest BCUT2D eigenvalue weighted by Gasteiger charge is -2.12. The fourth-order valence-electron chi connectivity index (χ4n) is 2.54. The van der Waals surface area contributed by atoms with Crippen molar-refractivity contribution >= 4 is 27.1 Å². The maximum atomic E-state index is 13.5. The number of hydrogen-bond acceptors (Lipinski definition) is 5. The van der Waals surface area contributed by atoms with E-state index in [-0.39, 0.29) is 28.9 Å². The van der Waals surface area contributed by atoms with Crippen molar-refractivity contribution in [2.24, 2.45) is 0 Å². The van der Waals surface area contributed by atoms with Crippen LogP contribution in [-0.4, -0.2) is 36.9 Å². The number of nitrogens with zero attached hydrogens (tertiary/aromatic N) is 1. The number of pyridine rings is 1. The largest absolute Gasteiger partial charge is 0.380 e. The summed E-state index contributed by atoms with van der Waals surface area (Å²) in [4.78, 5) is 16.0. The molecule has 25 heavy (non-hydrogen) atoms. The van der Waals surface area contributed by atoms with Gasteiger partial charge in [0.1, 0.15) is 17.3 Å². The molecule has 0 spiro atoms. The number of rotatable bonds is 4. The van der Waals surface area contributed by atoms with Crippen molar-refractivity contribution in [3.63, 3.8) is 0 Å². The zero-order chi connectivity index (χ0) is 18.0. The number of halogens is 2. The normalized spacial score (nSPS) is 18.7. The number of carbonyl (C=O) groups excluding carboxylic acids is 1. The summed E-state index contributed by atoms with van der Waals surface area (Å²) >= 11 is 0. The molecule has 6 nitrogen and oxygen atoms in total. The predicted molar refractivity (Wildman–Crippen MR) is 89.2 cm³/mol. The molecule has 9 heteroatoms. The number of hydrogen-bond donors (Lipinski definition) is 2. The van der Waals surface area contributed by atoms with Crippen LogP contribution in [0.25, 0.3) is 0 Å². The second-order valence-electron chi connectivity index (χ2n) is 5.75. The number of carbonyl (C=O) groups is 1. The minimum atomic E-state index is -2.99. The van der Waals surface area contributed by atoms with Crippen LogP contribution >= 0.6 is 0 Å². The third kappa shape index (κ3) is 4.30. The highest BCUT2D eigenvalue weighted by molar-refractivity contribution is 7.91. The van der Waals surface area contributed by atoms with Crippen LogP contribution in [0.15, 0.2) is 36.5 Å². The number of sulfone groups is 1. The maximum absolute atomic E-state index is 13.5. The molecule has 1 aromatic carbocycles. The van der Waals surface area contributed by atoms with Gasteiger partial charge in [0.15, 0.2) is 9.84 Å². The van der Waals surface area contributed by atoms with Crippen molar-refractivity contribution in [3.8, 4) is 0 Å². The predicted octanol–water partition coefficient (Wildman–Crippen LogP) is 2.21. The van der Waals surface area contributed by atoms with Crippen LogP contribution in [0.2, 0.25) is 0 Å². The van der Waals surface area contributed by atoms with E-state index in [4.69, 9.17) is 0 Å². The van der Waals surface area contributed by atoms with Gasteiger partial charge >= 0.3 is 0 Å². The summed E-state index contributed by atoms with van der Waals surface area (Å²) in [6.45, 7) is 0. The summed E-state index contributed by atoms with van der Waals surface area (Å²) in [7, 11) is -2.99. The van der Waals surface area contributed by atoms with Crippen molar-refractivity contribution < 1.29 is 22.0 Å². The monoisotopic (exact) mass is 367 g/mol. The van der Waals surface area contributed by atoms with Crippen molar-refractivity contribution in [2.75, 3.05) is 22.1 Å². The quantitative estimate of drug-likeness (QED) is 0.865. The van der Waals surface area contributed by atoms with E-state index in [9.17, 15) is 22.0 Å². The minimum Gasteiger partial charge on any atom is -0.380 e. The molecular formula is C16H15F2N3O3S. The van der Waals surface area contributed by atoms with Gasteiger partial charge in [-0.15, -0.1) is 0 Å². The summed E-state index contributed by atoms with van der Waals surface area (Å²) in [6, 6.07) is 5.68. The second-order valence-corrected chi connectivity index (χ2v) is 7.98. The van der Waals surface area contributed by atoms with E-state index in [2.05, 4.69) is 15.6 Å². The zero-order valence-corrected chi connectivity index (χ0v) is 13.8. The Morgan fingerprint density at radius 1 is 1.20 bits per heavy atom. The Morgan fingerprint density at radius 3 is 2.60 bits per heavy atom. The molecule has 0 aliphatic carbocycles. The molecule has 132 valence electrons. The molecule has 1 aliphatic heterocycles. The summed E-state index contributed by atoms with van der Waals surface area (Å²) < 4.78 is 49.3. The van der Waals surface area contributed by atoms with E-state index in [0.29, 0.717) is 18.2 Å². The molecule has 1 saturated heterocycles. The molecule has 2 aromatic rings. The van der Waals surface area contributed by atoms with Gasteiger partial charge in [0.05, 0.1) is 29.1 Å². The van der Waals surface area contributed by atoms with Crippen LogP contribution in [0.1, 0.15) is 16.9 Å². The first-order valence-electron chi connectivity index (χ1n) is 7.52. The highest BCUT2D eigenvalue weighted by Gasteiger charge is 2.27. The number of anilines is 2.